The van der Waals surface area contributed by atoms with Crippen LogP contribution in [0.15, 0.2) is 24.3 Å². The highest BCUT2D eigenvalue weighted by atomic mass is 32.2. The van der Waals surface area contributed by atoms with E-state index < -0.39 is 10.8 Å². The Bertz CT molecular complexity index is 383. The monoisotopic (exact) mass is 268 g/mol. The molecule has 0 radical (unpaired) electrons. The average Bonchev–Trinajstić information content (AvgIpc) is 2.46. The molecule has 0 amide bonds. The molecule has 1 heterocycles. The summed E-state index contributed by atoms with van der Waals surface area (Å²) in [6.45, 7) is 1.53. The van der Waals surface area contributed by atoms with Crippen molar-refractivity contribution in [3.63, 3.8) is 0 Å². The standard InChI is InChI=1S/C14H20O3S/c1-16-13-4-2-12(3-5-13)8-11-18(15)14-6-9-17-10-7-14/h2-5,14H,6-11H2,1H3. The minimum atomic E-state index is -0.725. The van der Waals surface area contributed by atoms with Gasteiger partial charge in [0.15, 0.2) is 0 Å². The quantitative estimate of drug-likeness (QED) is 0.821. The van der Waals surface area contributed by atoms with Gasteiger partial charge in [-0.25, -0.2) is 0 Å². The van der Waals surface area contributed by atoms with Crippen LogP contribution in [0.4, 0.5) is 0 Å². The van der Waals surface area contributed by atoms with Gasteiger partial charge in [-0.05, 0) is 37.0 Å². The summed E-state index contributed by atoms with van der Waals surface area (Å²) in [5.74, 6) is 1.61. The van der Waals surface area contributed by atoms with Crippen LogP contribution in [0.25, 0.3) is 0 Å². The van der Waals surface area contributed by atoms with Crippen LogP contribution < -0.4 is 4.74 Å². The maximum Gasteiger partial charge on any atom is 0.118 e. The molecule has 100 valence electrons. The van der Waals surface area contributed by atoms with E-state index in [0.717, 1.165) is 44.0 Å². The van der Waals surface area contributed by atoms with Crippen LogP contribution in [0.3, 0.4) is 0 Å². The topological polar surface area (TPSA) is 35.5 Å². The highest BCUT2D eigenvalue weighted by molar-refractivity contribution is 7.85. The third-order valence-corrected chi connectivity index (χ3v) is 5.11. The zero-order valence-corrected chi connectivity index (χ0v) is 11.6. The summed E-state index contributed by atoms with van der Waals surface area (Å²) in [7, 11) is 0.937. The number of benzene rings is 1. The van der Waals surface area contributed by atoms with Crippen molar-refractivity contribution in [3.8, 4) is 5.75 Å². The van der Waals surface area contributed by atoms with E-state index in [4.69, 9.17) is 9.47 Å². The molecular formula is C14H20O3S. The molecule has 0 spiro atoms. The van der Waals surface area contributed by atoms with Gasteiger partial charge < -0.3 is 9.47 Å². The zero-order valence-electron chi connectivity index (χ0n) is 10.8. The maximum atomic E-state index is 12.1. The number of aryl methyl sites for hydroxylation is 1. The molecule has 1 fully saturated rings. The van der Waals surface area contributed by atoms with Gasteiger partial charge in [-0.2, -0.15) is 0 Å². The first-order chi connectivity index (χ1) is 8.79. The van der Waals surface area contributed by atoms with Gasteiger partial charge in [-0.1, -0.05) is 12.1 Å². The van der Waals surface area contributed by atoms with Crippen molar-refractivity contribution in [1.29, 1.82) is 0 Å². The Kier molecular flexibility index (Phi) is 5.20. The van der Waals surface area contributed by atoms with Gasteiger partial charge >= 0.3 is 0 Å². The average molecular weight is 268 g/mol. The Balaban J connectivity index is 1.80. The first-order valence-corrected chi connectivity index (χ1v) is 7.75. The molecule has 1 aliphatic rings. The Morgan fingerprint density at radius 2 is 1.94 bits per heavy atom. The molecule has 1 saturated heterocycles. The molecule has 4 heteroatoms. The minimum Gasteiger partial charge on any atom is -0.497 e. The predicted octanol–water partition coefficient (Wildman–Crippen LogP) is 2.17. The van der Waals surface area contributed by atoms with E-state index in [1.54, 1.807) is 7.11 Å². The molecule has 0 aromatic heterocycles. The molecule has 3 nitrogen and oxygen atoms in total. The second-order valence-electron chi connectivity index (χ2n) is 4.49. The Morgan fingerprint density at radius 3 is 2.56 bits per heavy atom. The maximum absolute atomic E-state index is 12.1. The van der Waals surface area contributed by atoms with E-state index in [9.17, 15) is 4.21 Å². The Labute approximate surface area is 111 Å². The third-order valence-electron chi connectivity index (χ3n) is 3.29. The molecule has 18 heavy (non-hydrogen) atoms. The third kappa shape index (κ3) is 3.82. The van der Waals surface area contributed by atoms with Crippen molar-refractivity contribution in [2.24, 2.45) is 0 Å². The predicted molar refractivity (Wildman–Crippen MR) is 73.5 cm³/mol. The summed E-state index contributed by atoms with van der Waals surface area (Å²) in [5, 5.41) is 0.331. The molecule has 1 unspecified atom stereocenters. The first kappa shape index (κ1) is 13.6. The number of methoxy groups -OCH3 is 1. The van der Waals surface area contributed by atoms with Crippen molar-refractivity contribution in [2.75, 3.05) is 26.1 Å². The van der Waals surface area contributed by atoms with Crippen LogP contribution in [0.2, 0.25) is 0 Å². The van der Waals surface area contributed by atoms with Crippen LogP contribution in [0.1, 0.15) is 18.4 Å². The number of hydrogen-bond acceptors (Lipinski definition) is 3. The number of hydrogen-bond donors (Lipinski definition) is 0. The van der Waals surface area contributed by atoms with Crippen LogP contribution in [0, 0.1) is 0 Å². The highest BCUT2D eigenvalue weighted by Crippen LogP contribution is 2.16. The van der Waals surface area contributed by atoms with Crippen molar-refractivity contribution < 1.29 is 13.7 Å². The molecule has 1 atom stereocenters. The largest absolute Gasteiger partial charge is 0.497 e. The second kappa shape index (κ2) is 6.90. The van der Waals surface area contributed by atoms with Gasteiger partial charge in [-0.3, -0.25) is 4.21 Å². The smallest absolute Gasteiger partial charge is 0.118 e. The lowest BCUT2D eigenvalue weighted by Crippen LogP contribution is -2.26. The van der Waals surface area contributed by atoms with E-state index in [-0.39, 0.29) is 0 Å². The number of rotatable bonds is 5. The normalized spacial score (nSPS) is 18.5. The molecule has 0 N–H and O–H groups in total. The fraction of sp³-hybridized carbons (Fsp3) is 0.571. The lowest BCUT2D eigenvalue weighted by atomic mass is 10.2. The van der Waals surface area contributed by atoms with Gasteiger partial charge in [0.1, 0.15) is 5.75 Å². The van der Waals surface area contributed by atoms with Gasteiger partial charge in [0.05, 0.1) is 7.11 Å². The molecule has 0 aliphatic carbocycles. The van der Waals surface area contributed by atoms with E-state index in [1.807, 2.05) is 24.3 Å². The summed E-state index contributed by atoms with van der Waals surface area (Å²) in [4.78, 5) is 0. The molecule has 2 rings (SSSR count). The van der Waals surface area contributed by atoms with Crippen molar-refractivity contribution in [3.05, 3.63) is 29.8 Å². The van der Waals surface area contributed by atoms with Crippen molar-refractivity contribution >= 4 is 10.8 Å². The molecule has 1 aromatic rings. The highest BCUT2D eigenvalue weighted by Gasteiger charge is 2.19. The molecule has 1 aromatic carbocycles. The second-order valence-corrected chi connectivity index (χ2v) is 6.33. The van der Waals surface area contributed by atoms with Crippen LogP contribution in [0.5, 0.6) is 5.75 Å². The van der Waals surface area contributed by atoms with E-state index in [2.05, 4.69) is 0 Å². The summed E-state index contributed by atoms with van der Waals surface area (Å²) in [6.07, 6.45) is 2.75. The van der Waals surface area contributed by atoms with E-state index in [1.165, 1.54) is 5.56 Å². The van der Waals surface area contributed by atoms with Gasteiger partial charge in [0, 0.05) is 35.0 Å². The Hall–Kier alpha value is -0.870. The summed E-state index contributed by atoms with van der Waals surface area (Å²) in [5.41, 5.74) is 1.22. The minimum absolute atomic E-state index is 0.331. The van der Waals surface area contributed by atoms with Gasteiger partial charge in [0.2, 0.25) is 0 Å². The van der Waals surface area contributed by atoms with Gasteiger partial charge in [0.25, 0.3) is 0 Å². The van der Waals surface area contributed by atoms with Crippen LogP contribution in [-0.4, -0.2) is 35.5 Å². The van der Waals surface area contributed by atoms with E-state index in [0.29, 0.717) is 5.25 Å². The Morgan fingerprint density at radius 1 is 1.28 bits per heavy atom. The van der Waals surface area contributed by atoms with Crippen LogP contribution >= 0.6 is 0 Å². The lowest BCUT2D eigenvalue weighted by Gasteiger charge is -2.21. The molecule has 0 bridgehead atoms. The fourth-order valence-electron chi connectivity index (χ4n) is 2.12. The van der Waals surface area contributed by atoms with Crippen molar-refractivity contribution in [2.45, 2.75) is 24.5 Å². The number of ether oxygens (including phenoxy) is 2. The lowest BCUT2D eigenvalue weighted by molar-refractivity contribution is 0.0992. The fourth-order valence-corrected chi connectivity index (χ4v) is 3.60. The molecule has 1 aliphatic heterocycles. The van der Waals surface area contributed by atoms with E-state index >= 15 is 0 Å². The SMILES string of the molecule is COc1ccc(CCS(=O)C2CCOCC2)cc1. The first-order valence-electron chi connectivity index (χ1n) is 6.37. The van der Waals surface area contributed by atoms with Gasteiger partial charge in [-0.15, -0.1) is 0 Å². The molecular weight excluding hydrogens is 248 g/mol. The summed E-state index contributed by atoms with van der Waals surface area (Å²) >= 11 is 0. The summed E-state index contributed by atoms with van der Waals surface area (Å²) in [6, 6.07) is 7.99. The van der Waals surface area contributed by atoms with Crippen molar-refractivity contribution in [1.82, 2.24) is 0 Å². The zero-order chi connectivity index (χ0) is 12.8. The molecule has 0 saturated carbocycles. The van der Waals surface area contributed by atoms with Crippen LogP contribution in [-0.2, 0) is 22.0 Å². The summed E-state index contributed by atoms with van der Waals surface area (Å²) < 4.78 is 22.5.